The molecular formula is C10H15NS2. The maximum Gasteiger partial charge on any atom is 0.0805 e. The zero-order valence-electron chi connectivity index (χ0n) is 8.26. The minimum absolute atomic E-state index is 0.295. The summed E-state index contributed by atoms with van der Waals surface area (Å²) in [6, 6.07) is 2.24. The van der Waals surface area contributed by atoms with E-state index in [4.69, 9.17) is 0 Å². The van der Waals surface area contributed by atoms with Gasteiger partial charge in [0.15, 0.2) is 0 Å². The molecule has 1 saturated heterocycles. The third kappa shape index (κ3) is 1.92. The van der Waals surface area contributed by atoms with Crippen LogP contribution in [-0.2, 0) is 0 Å². The van der Waals surface area contributed by atoms with E-state index in [0.29, 0.717) is 10.9 Å². The molecule has 0 aromatic carbocycles. The number of hydrogen-bond donors (Lipinski definition) is 1. The molecular weight excluding hydrogens is 198 g/mol. The lowest BCUT2D eigenvalue weighted by atomic mass is 10.1. The molecule has 13 heavy (non-hydrogen) atoms. The van der Waals surface area contributed by atoms with Crippen LogP contribution in [0.1, 0.15) is 29.7 Å². The predicted octanol–water partition coefficient (Wildman–Crippen LogP) is 3.17. The van der Waals surface area contributed by atoms with Gasteiger partial charge >= 0.3 is 0 Å². The first-order chi connectivity index (χ1) is 6.08. The molecule has 2 heterocycles. The van der Waals surface area contributed by atoms with Crippen LogP contribution in [0.5, 0.6) is 0 Å². The Bertz CT molecular complexity index is 304. The third-order valence-corrected chi connectivity index (χ3v) is 4.77. The fourth-order valence-corrected chi connectivity index (χ4v) is 3.88. The van der Waals surface area contributed by atoms with Gasteiger partial charge in [0, 0.05) is 16.2 Å². The quantitative estimate of drug-likeness (QED) is 0.769. The highest BCUT2D eigenvalue weighted by atomic mass is 32.2. The number of thiophene rings is 1. The van der Waals surface area contributed by atoms with Gasteiger partial charge in [0.25, 0.3) is 0 Å². The lowest BCUT2D eigenvalue weighted by Crippen LogP contribution is -2.35. The van der Waals surface area contributed by atoms with Crippen LogP contribution in [0.3, 0.4) is 0 Å². The zero-order chi connectivity index (χ0) is 9.47. The summed E-state index contributed by atoms with van der Waals surface area (Å²) in [5.41, 5.74) is 1.77. The third-order valence-electron chi connectivity index (χ3n) is 2.31. The second-order valence-electron chi connectivity index (χ2n) is 4.15. The Morgan fingerprint density at radius 3 is 2.77 bits per heavy atom. The van der Waals surface area contributed by atoms with E-state index in [-0.39, 0.29) is 0 Å². The molecule has 0 aliphatic carbocycles. The Balaban J connectivity index is 2.17. The van der Waals surface area contributed by atoms with Gasteiger partial charge in [-0.1, -0.05) is 0 Å². The summed E-state index contributed by atoms with van der Waals surface area (Å²) >= 11 is 3.85. The number of rotatable bonds is 1. The van der Waals surface area contributed by atoms with Crippen molar-refractivity contribution in [3.05, 3.63) is 21.9 Å². The fraction of sp³-hybridized carbons (Fsp3) is 0.600. The van der Waals surface area contributed by atoms with Gasteiger partial charge in [-0.15, -0.1) is 23.1 Å². The van der Waals surface area contributed by atoms with Crippen molar-refractivity contribution >= 4 is 23.1 Å². The van der Waals surface area contributed by atoms with Crippen molar-refractivity contribution in [1.82, 2.24) is 5.32 Å². The van der Waals surface area contributed by atoms with Crippen LogP contribution in [0, 0.1) is 6.92 Å². The maximum atomic E-state index is 3.64. The summed E-state index contributed by atoms with van der Waals surface area (Å²) in [4.78, 5) is 1.45. The summed E-state index contributed by atoms with van der Waals surface area (Å²) in [5.74, 6) is 1.20. The van der Waals surface area contributed by atoms with Gasteiger partial charge in [-0.3, -0.25) is 5.32 Å². The zero-order valence-corrected chi connectivity index (χ0v) is 9.89. The Morgan fingerprint density at radius 2 is 2.31 bits per heavy atom. The van der Waals surface area contributed by atoms with Crippen molar-refractivity contribution in [2.24, 2.45) is 0 Å². The Hall–Kier alpha value is 0.01000. The molecule has 0 radical (unpaired) electrons. The molecule has 72 valence electrons. The van der Waals surface area contributed by atoms with E-state index in [0.717, 1.165) is 0 Å². The molecule has 1 nitrogen and oxygen atoms in total. The highest BCUT2D eigenvalue weighted by Crippen LogP contribution is 2.39. The van der Waals surface area contributed by atoms with Crippen molar-refractivity contribution in [2.75, 3.05) is 5.75 Å². The highest BCUT2D eigenvalue weighted by molar-refractivity contribution is 7.99. The molecule has 1 N–H and O–H groups in total. The Morgan fingerprint density at radius 1 is 1.54 bits per heavy atom. The van der Waals surface area contributed by atoms with Crippen LogP contribution >= 0.6 is 23.1 Å². The predicted molar refractivity (Wildman–Crippen MR) is 61.5 cm³/mol. The molecule has 1 aromatic rings. The van der Waals surface area contributed by atoms with Crippen molar-refractivity contribution in [3.63, 3.8) is 0 Å². The van der Waals surface area contributed by atoms with Crippen LogP contribution in [0.2, 0.25) is 0 Å². The average Bonchev–Trinajstić information content (AvgIpc) is 2.56. The molecule has 1 unspecified atom stereocenters. The lowest BCUT2D eigenvalue weighted by Gasteiger charge is -2.18. The molecule has 1 aliphatic rings. The molecule has 1 aromatic heterocycles. The van der Waals surface area contributed by atoms with Crippen LogP contribution in [0.25, 0.3) is 0 Å². The minimum Gasteiger partial charge on any atom is -0.296 e. The first kappa shape index (κ1) is 9.56. The van der Waals surface area contributed by atoms with Gasteiger partial charge in [-0.25, -0.2) is 0 Å². The summed E-state index contributed by atoms with van der Waals surface area (Å²) < 4.78 is 0. The number of aryl methyl sites for hydroxylation is 1. The van der Waals surface area contributed by atoms with Gasteiger partial charge in [0.05, 0.1) is 5.37 Å². The number of hydrogen-bond acceptors (Lipinski definition) is 3. The summed E-state index contributed by atoms with van der Waals surface area (Å²) in [7, 11) is 0. The molecule has 0 bridgehead atoms. The van der Waals surface area contributed by atoms with Crippen molar-refractivity contribution in [3.8, 4) is 0 Å². The number of nitrogens with one attached hydrogen (secondary N) is 1. The molecule has 1 aliphatic heterocycles. The molecule has 2 rings (SSSR count). The van der Waals surface area contributed by atoms with Crippen LogP contribution in [-0.4, -0.2) is 11.3 Å². The number of thioether (sulfide) groups is 1. The van der Waals surface area contributed by atoms with Gasteiger partial charge in [0.1, 0.15) is 0 Å². The van der Waals surface area contributed by atoms with Gasteiger partial charge in [0.2, 0.25) is 0 Å². The van der Waals surface area contributed by atoms with Crippen molar-refractivity contribution in [1.29, 1.82) is 0 Å². The smallest absolute Gasteiger partial charge is 0.0805 e. The van der Waals surface area contributed by atoms with Crippen LogP contribution in [0.15, 0.2) is 11.4 Å². The fourth-order valence-electron chi connectivity index (χ4n) is 1.56. The highest BCUT2D eigenvalue weighted by Gasteiger charge is 2.32. The van der Waals surface area contributed by atoms with Gasteiger partial charge < -0.3 is 0 Å². The molecule has 0 spiro atoms. The van der Waals surface area contributed by atoms with E-state index >= 15 is 0 Å². The first-order valence-corrected chi connectivity index (χ1v) is 6.45. The van der Waals surface area contributed by atoms with Crippen molar-refractivity contribution in [2.45, 2.75) is 31.7 Å². The molecule has 3 heteroatoms. The van der Waals surface area contributed by atoms with E-state index in [2.05, 4.69) is 37.5 Å². The van der Waals surface area contributed by atoms with Gasteiger partial charge in [-0.05, 0) is 37.8 Å². The summed E-state index contributed by atoms with van der Waals surface area (Å²) in [6.07, 6.45) is 0. The Labute approximate surface area is 87.9 Å². The molecule has 0 amide bonds. The van der Waals surface area contributed by atoms with Crippen LogP contribution in [0.4, 0.5) is 0 Å². The first-order valence-electron chi connectivity index (χ1n) is 4.52. The normalized spacial score (nSPS) is 26.5. The second kappa shape index (κ2) is 3.30. The van der Waals surface area contributed by atoms with E-state index in [1.807, 2.05) is 23.1 Å². The van der Waals surface area contributed by atoms with E-state index in [1.54, 1.807) is 0 Å². The second-order valence-corrected chi connectivity index (χ2v) is 6.37. The Kier molecular flexibility index (Phi) is 2.43. The summed E-state index contributed by atoms with van der Waals surface area (Å²) in [5, 5.41) is 6.34. The van der Waals surface area contributed by atoms with Crippen LogP contribution < -0.4 is 5.32 Å². The summed E-state index contributed by atoms with van der Waals surface area (Å²) in [6.45, 7) is 6.73. The monoisotopic (exact) mass is 213 g/mol. The lowest BCUT2D eigenvalue weighted by molar-refractivity contribution is 0.452. The standard InChI is InChI=1S/C10H15NS2/c1-7-8(4-5-12-7)9-11-10(2,3)6-13-9/h4-5,9,11H,6H2,1-3H3. The van der Waals surface area contributed by atoms with E-state index in [9.17, 15) is 0 Å². The van der Waals surface area contributed by atoms with E-state index < -0.39 is 0 Å². The van der Waals surface area contributed by atoms with Gasteiger partial charge in [-0.2, -0.15) is 0 Å². The topological polar surface area (TPSA) is 12.0 Å². The SMILES string of the molecule is Cc1sccc1C1NC(C)(C)CS1. The molecule has 1 atom stereocenters. The largest absolute Gasteiger partial charge is 0.296 e. The minimum atomic E-state index is 0.295. The maximum absolute atomic E-state index is 3.64. The van der Waals surface area contributed by atoms with E-state index in [1.165, 1.54) is 16.2 Å². The van der Waals surface area contributed by atoms with Crippen molar-refractivity contribution < 1.29 is 0 Å². The molecule has 1 fully saturated rings. The average molecular weight is 213 g/mol. The molecule has 0 saturated carbocycles.